The minimum Gasteiger partial charge on any atom is -0.452 e. The monoisotopic (exact) mass is 485 g/mol. The highest BCUT2D eigenvalue weighted by molar-refractivity contribution is 7.92. The van der Waals surface area contributed by atoms with E-state index >= 15 is 0 Å². The van der Waals surface area contributed by atoms with Crippen molar-refractivity contribution in [2.24, 2.45) is 0 Å². The van der Waals surface area contributed by atoms with Gasteiger partial charge in [-0.1, -0.05) is 37.1 Å². The third-order valence-electron chi connectivity index (χ3n) is 6.05. The van der Waals surface area contributed by atoms with Crippen molar-refractivity contribution in [3.05, 3.63) is 59.7 Å². The van der Waals surface area contributed by atoms with Gasteiger partial charge in [-0.15, -0.1) is 0 Å². The lowest BCUT2D eigenvalue weighted by atomic mass is 10.1. The Kier molecular flexibility index (Phi) is 6.87. The molecule has 2 aromatic carbocycles. The van der Waals surface area contributed by atoms with Crippen LogP contribution in [0.15, 0.2) is 53.4 Å². The molecule has 0 radical (unpaired) electrons. The number of esters is 1. The molecule has 10 heteroatoms. The van der Waals surface area contributed by atoms with E-state index in [2.05, 4.69) is 10.6 Å². The van der Waals surface area contributed by atoms with Crippen molar-refractivity contribution in [2.75, 3.05) is 10.9 Å². The van der Waals surface area contributed by atoms with E-state index < -0.39 is 34.5 Å². The van der Waals surface area contributed by atoms with E-state index in [1.165, 1.54) is 28.6 Å². The molecule has 3 amide bonds. The number of benzene rings is 2. The van der Waals surface area contributed by atoms with Crippen LogP contribution in [0.1, 0.15) is 48.5 Å². The van der Waals surface area contributed by atoms with Crippen LogP contribution in [-0.2, 0) is 26.0 Å². The molecule has 9 nitrogen and oxygen atoms in total. The van der Waals surface area contributed by atoms with Crippen molar-refractivity contribution in [3.63, 3.8) is 0 Å². The van der Waals surface area contributed by atoms with Crippen molar-refractivity contribution in [3.8, 4) is 0 Å². The topological polar surface area (TPSA) is 122 Å². The van der Waals surface area contributed by atoms with Gasteiger partial charge in [-0.25, -0.2) is 18.0 Å². The first-order valence-electron chi connectivity index (χ1n) is 11.3. The normalized spacial score (nSPS) is 17.8. The molecule has 1 aliphatic carbocycles. The Morgan fingerprint density at radius 3 is 2.56 bits per heavy atom. The SMILES string of the molecule is C[C@H]1Cc2ccccc2N1S(=O)(=O)c1cccc(C(=O)OCC(=O)NC(=O)NC2CCCC2)c1. The second-order valence-corrected chi connectivity index (χ2v) is 10.4. The van der Waals surface area contributed by atoms with Crippen LogP contribution in [0, 0.1) is 0 Å². The van der Waals surface area contributed by atoms with Crippen molar-refractivity contribution in [2.45, 2.75) is 56.0 Å². The molecule has 2 aromatic rings. The van der Waals surface area contributed by atoms with Crippen molar-refractivity contribution in [1.82, 2.24) is 10.6 Å². The van der Waals surface area contributed by atoms with Gasteiger partial charge in [0.2, 0.25) is 0 Å². The molecular formula is C24H27N3O6S. The third-order valence-corrected chi connectivity index (χ3v) is 7.97. The van der Waals surface area contributed by atoms with E-state index in [1.807, 2.05) is 19.1 Å². The molecule has 1 fully saturated rings. The van der Waals surface area contributed by atoms with Gasteiger partial charge in [0.25, 0.3) is 15.9 Å². The maximum absolute atomic E-state index is 13.4. The fraction of sp³-hybridized carbons (Fsp3) is 0.375. The zero-order valence-corrected chi connectivity index (χ0v) is 19.6. The lowest BCUT2D eigenvalue weighted by Crippen LogP contribution is -2.45. The van der Waals surface area contributed by atoms with Gasteiger partial charge in [-0.3, -0.25) is 14.4 Å². The first-order valence-corrected chi connectivity index (χ1v) is 12.7. The Bertz CT molecular complexity index is 1210. The van der Waals surface area contributed by atoms with Crippen molar-refractivity contribution in [1.29, 1.82) is 0 Å². The molecule has 0 unspecified atom stereocenters. The van der Waals surface area contributed by atoms with Gasteiger partial charge < -0.3 is 10.1 Å². The van der Waals surface area contributed by atoms with Gasteiger partial charge in [0.05, 0.1) is 16.1 Å². The van der Waals surface area contributed by atoms with Crippen LogP contribution in [-0.4, -0.2) is 45.0 Å². The molecule has 1 saturated carbocycles. The second kappa shape index (κ2) is 9.84. The highest BCUT2D eigenvalue weighted by Gasteiger charge is 2.36. The number of fused-ring (bicyclic) bond motifs is 1. The summed E-state index contributed by atoms with van der Waals surface area (Å²) >= 11 is 0. The predicted molar refractivity (Wildman–Crippen MR) is 125 cm³/mol. The first kappa shape index (κ1) is 23.7. The minimum atomic E-state index is -3.92. The number of carbonyl (C=O) groups is 3. The summed E-state index contributed by atoms with van der Waals surface area (Å²) in [4.78, 5) is 36.2. The zero-order valence-electron chi connectivity index (χ0n) is 18.8. The van der Waals surface area contributed by atoms with Gasteiger partial charge in [0.15, 0.2) is 6.61 Å². The highest BCUT2D eigenvalue weighted by atomic mass is 32.2. The number of sulfonamides is 1. The quantitative estimate of drug-likeness (QED) is 0.607. The van der Waals surface area contributed by atoms with Crippen LogP contribution in [0.3, 0.4) is 0 Å². The number of carbonyl (C=O) groups excluding carboxylic acids is 3. The fourth-order valence-corrected chi connectivity index (χ4v) is 6.21. The summed E-state index contributed by atoms with van der Waals surface area (Å²) in [5.74, 6) is -1.63. The molecule has 2 aliphatic rings. The smallest absolute Gasteiger partial charge is 0.338 e. The molecule has 0 bridgehead atoms. The summed E-state index contributed by atoms with van der Waals surface area (Å²) < 4.78 is 33.1. The highest BCUT2D eigenvalue weighted by Crippen LogP contribution is 2.36. The maximum atomic E-state index is 13.4. The second-order valence-electron chi connectivity index (χ2n) is 8.59. The summed E-state index contributed by atoms with van der Waals surface area (Å²) in [6, 6.07) is 12.0. The number of amides is 3. The first-order chi connectivity index (χ1) is 16.3. The van der Waals surface area contributed by atoms with Crippen LogP contribution >= 0.6 is 0 Å². The summed E-state index contributed by atoms with van der Waals surface area (Å²) in [6.45, 7) is 1.17. The van der Waals surface area contributed by atoms with Crippen LogP contribution in [0.5, 0.6) is 0 Å². The van der Waals surface area contributed by atoms with Gasteiger partial charge in [-0.2, -0.15) is 0 Å². The van der Waals surface area contributed by atoms with Gasteiger partial charge in [0.1, 0.15) is 0 Å². The number of nitrogens with zero attached hydrogens (tertiary/aromatic N) is 1. The number of urea groups is 1. The molecule has 2 N–H and O–H groups in total. The summed E-state index contributed by atoms with van der Waals surface area (Å²) in [5.41, 5.74) is 1.55. The molecule has 1 aliphatic heterocycles. The van der Waals surface area contributed by atoms with E-state index in [0.29, 0.717) is 12.1 Å². The Morgan fingerprint density at radius 2 is 1.79 bits per heavy atom. The summed E-state index contributed by atoms with van der Waals surface area (Å²) in [6.07, 6.45) is 4.42. The van der Waals surface area contributed by atoms with E-state index in [1.54, 1.807) is 12.1 Å². The number of anilines is 1. The van der Waals surface area contributed by atoms with Crippen LogP contribution < -0.4 is 14.9 Å². The van der Waals surface area contributed by atoms with Crippen LogP contribution in [0.25, 0.3) is 0 Å². The molecule has 180 valence electrons. The largest absolute Gasteiger partial charge is 0.452 e. The van der Waals surface area contributed by atoms with E-state index in [4.69, 9.17) is 4.74 Å². The number of para-hydroxylation sites is 1. The minimum absolute atomic E-state index is 0.00980. The molecular weight excluding hydrogens is 458 g/mol. The average molecular weight is 486 g/mol. The van der Waals surface area contributed by atoms with Gasteiger partial charge in [0, 0.05) is 12.1 Å². The molecule has 0 spiro atoms. The standard InChI is InChI=1S/C24H27N3O6S/c1-16-13-17-7-2-5-12-21(17)27(16)34(31,32)20-11-6-8-18(14-20)23(29)33-15-22(28)26-24(30)25-19-9-3-4-10-19/h2,5-8,11-12,14,16,19H,3-4,9-10,13,15H2,1H3,(H2,25,26,28,30)/t16-/m0/s1. The molecule has 1 atom stereocenters. The van der Waals surface area contributed by atoms with Crippen LogP contribution in [0.2, 0.25) is 0 Å². The molecule has 4 rings (SSSR count). The number of hydrogen-bond donors (Lipinski definition) is 2. The Hall–Kier alpha value is -3.40. The van der Waals surface area contributed by atoms with E-state index in [-0.39, 0.29) is 22.5 Å². The van der Waals surface area contributed by atoms with E-state index in [0.717, 1.165) is 31.2 Å². The van der Waals surface area contributed by atoms with E-state index in [9.17, 15) is 22.8 Å². The predicted octanol–water partition coefficient (Wildman–Crippen LogP) is 2.75. The Morgan fingerprint density at radius 1 is 1.06 bits per heavy atom. The maximum Gasteiger partial charge on any atom is 0.338 e. The lowest BCUT2D eigenvalue weighted by Gasteiger charge is -2.24. The number of hydrogen-bond acceptors (Lipinski definition) is 6. The van der Waals surface area contributed by atoms with Crippen molar-refractivity contribution >= 4 is 33.6 Å². The number of rotatable bonds is 6. The summed E-state index contributed by atoms with van der Waals surface area (Å²) in [7, 11) is -3.92. The third kappa shape index (κ3) is 5.06. The molecule has 0 aromatic heterocycles. The number of imide groups is 1. The molecule has 1 heterocycles. The fourth-order valence-electron chi connectivity index (χ4n) is 4.47. The van der Waals surface area contributed by atoms with Crippen LogP contribution in [0.4, 0.5) is 10.5 Å². The van der Waals surface area contributed by atoms with Crippen molar-refractivity contribution < 1.29 is 27.5 Å². The average Bonchev–Trinajstić information content (AvgIpc) is 3.44. The Balaban J connectivity index is 1.39. The number of nitrogens with one attached hydrogen (secondary N) is 2. The Labute approximate surface area is 198 Å². The molecule has 34 heavy (non-hydrogen) atoms. The lowest BCUT2D eigenvalue weighted by molar-refractivity contribution is -0.123. The molecule has 0 saturated heterocycles. The van der Waals surface area contributed by atoms with Gasteiger partial charge in [-0.05, 0) is 56.0 Å². The number of ether oxygens (including phenoxy) is 1. The zero-order chi connectivity index (χ0) is 24.3. The summed E-state index contributed by atoms with van der Waals surface area (Å²) in [5, 5.41) is 4.84. The van der Waals surface area contributed by atoms with Gasteiger partial charge >= 0.3 is 12.0 Å².